The van der Waals surface area contributed by atoms with Crippen molar-refractivity contribution < 1.29 is 8.78 Å². The molecule has 0 amide bonds. The second kappa shape index (κ2) is 8.15. The van der Waals surface area contributed by atoms with Crippen molar-refractivity contribution in [1.82, 2.24) is 9.80 Å². The van der Waals surface area contributed by atoms with Crippen molar-refractivity contribution in [2.45, 2.75) is 25.9 Å². The van der Waals surface area contributed by atoms with Gasteiger partial charge in [0.25, 0.3) is 0 Å². The highest BCUT2D eigenvalue weighted by Gasteiger charge is 2.27. The first-order valence-corrected chi connectivity index (χ1v) is 10.3. The van der Waals surface area contributed by atoms with E-state index in [0.717, 1.165) is 39.0 Å². The number of hydrogen-bond acceptors (Lipinski definition) is 3. The van der Waals surface area contributed by atoms with Crippen molar-refractivity contribution in [3.63, 3.8) is 0 Å². The highest BCUT2D eigenvalue weighted by atomic mass is 35.5. The van der Waals surface area contributed by atoms with Gasteiger partial charge >= 0.3 is 0 Å². The third kappa shape index (κ3) is 3.73. The Labute approximate surface area is 174 Å². The molecular weight excluding hydrogens is 403 g/mol. The van der Waals surface area contributed by atoms with E-state index in [2.05, 4.69) is 9.80 Å². The largest absolute Gasteiger partial charge is 0.341 e. The Kier molecular flexibility index (Phi) is 5.79. The van der Waals surface area contributed by atoms with Gasteiger partial charge in [-0.25, -0.2) is 8.78 Å². The smallest absolute Gasteiger partial charge is 0.129 e. The van der Waals surface area contributed by atoms with E-state index in [9.17, 15) is 8.78 Å². The van der Waals surface area contributed by atoms with Crippen molar-refractivity contribution in [3.8, 4) is 0 Å². The third-order valence-electron chi connectivity index (χ3n) is 5.68. The number of anilines is 2. The van der Waals surface area contributed by atoms with E-state index < -0.39 is 0 Å². The third-order valence-corrected chi connectivity index (χ3v) is 6.29. The first kappa shape index (κ1) is 19.9. The second-order valence-corrected chi connectivity index (χ2v) is 8.35. The molecule has 2 fully saturated rings. The summed E-state index contributed by atoms with van der Waals surface area (Å²) < 4.78 is 29.5. The minimum absolute atomic E-state index is 0.310. The molecule has 2 aliphatic heterocycles. The van der Waals surface area contributed by atoms with Gasteiger partial charge in [0, 0.05) is 31.3 Å². The molecule has 0 atom stereocenters. The zero-order chi connectivity index (χ0) is 19.8. The van der Waals surface area contributed by atoms with Gasteiger partial charge < -0.3 is 4.90 Å². The summed E-state index contributed by atoms with van der Waals surface area (Å²) in [6, 6.07) is 5.88. The van der Waals surface area contributed by atoms with Gasteiger partial charge in [0.2, 0.25) is 0 Å². The lowest BCUT2D eigenvalue weighted by Gasteiger charge is -2.35. The Morgan fingerprint density at radius 1 is 0.786 bits per heavy atom. The summed E-state index contributed by atoms with van der Waals surface area (Å²) in [5.41, 5.74) is 2.13. The van der Waals surface area contributed by atoms with Crippen LogP contribution in [0.4, 0.5) is 20.2 Å². The SMILES string of the molecule is CN(c1c(Cl)ccc(F)c1CN1CCC1)c1c(Cl)ccc(F)c1CN1CCC1. The van der Waals surface area contributed by atoms with Crippen molar-refractivity contribution in [2.24, 2.45) is 0 Å². The predicted molar refractivity (Wildman–Crippen MR) is 111 cm³/mol. The summed E-state index contributed by atoms with van der Waals surface area (Å²) in [6.07, 6.45) is 2.23. The molecular formula is C21H23Cl2F2N3. The molecule has 2 saturated heterocycles. The van der Waals surface area contributed by atoms with Gasteiger partial charge in [-0.05, 0) is 63.3 Å². The van der Waals surface area contributed by atoms with Crippen LogP contribution in [0.3, 0.4) is 0 Å². The fourth-order valence-corrected chi connectivity index (χ4v) is 4.44. The number of halogens is 4. The number of likely N-dealkylation sites (tertiary alicyclic amines) is 2. The Morgan fingerprint density at radius 2 is 1.18 bits per heavy atom. The lowest BCUT2D eigenvalue weighted by atomic mass is 10.0. The topological polar surface area (TPSA) is 9.72 Å². The van der Waals surface area contributed by atoms with Crippen molar-refractivity contribution in [2.75, 3.05) is 38.1 Å². The summed E-state index contributed by atoms with van der Waals surface area (Å²) in [7, 11) is 1.78. The Hall–Kier alpha value is -1.40. The number of rotatable bonds is 6. The molecule has 150 valence electrons. The van der Waals surface area contributed by atoms with Crippen LogP contribution in [0, 0.1) is 11.6 Å². The summed E-state index contributed by atoms with van der Waals surface area (Å²) in [6.45, 7) is 4.71. The van der Waals surface area contributed by atoms with Gasteiger partial charge in [0.15, 0.2) is 0 Å². The van der Waals surface area contributed by atoms with Gasteiger partial charge in [0.1, 0.15) is 11.6 Å². The highest BCUT2D eigenvalue weighted by molar-refractivity contribution is 6.35. The fraction of sp³-hybridized carbons (Fsp3) is 0.429. The van der Waals surface area contributed by atoms with Crippen LogP contribution in [0.1, 0.15) is 24.0 Å². The van der Waals surface area contributed by atoms with Crippen LogP contribution in [-0.2, 0) is 13.1 Å². The lowest BCUT2D eigenvalue weighted by Crippen LogP contribution is -2.37. The number of nitrogens with zero attached hydrogens (tertiary/aromatic N) is 3. The van der Waals surface area contributed by atoms with Crippen molar-refractivity contribution in [1.29, 1.82) is 0 Å². The molecule has 0 N–H and O–H groups in total. The van der Waals surface area contributed by atoms with Crippen LogP contribution >= 0.6 is 23.2 Å². The minimum atomic E-state index is -0.310. The average Bonchev–Trinajstić information content (AvgIpc) is 2.59. The fourth-order valence-electron chi connectivity index (χ4n) is 3.83. The van der Waals surface area contributed by atoms with Crippen LogP contribution in [-0.4, -0.2) is 43.0 Å². The normalized spacial score (nSPS) is 17.3. The first-order valence-electron chi connectivity index (χ1n) is 9.58. The van der Waals surface area contributed by atoms with E-state index >= 15 is 0 Å². The van der Waals surface area contributed by atoms with E-state index in [1.54, 1.807) is 24.1 Å². The Balaban J connectivity index is 1.78. The van der Waals surface area contributed by atoms with E-state index in [-0.39, 0.29) is 11.6 Å². The number of benzene rings is 2. The van der Waals surface area contributed by atoms with Gasteiger partial charge in [-0.2, -0.15) is 0 Å². The molecule has 2 heterocycles. The molecule has 2 aromatic carbocycles. The molecule has 4 rings (SSSR count). The monoisotopic (exact) mass is 425 g/mol. The Morgan fingerprint density at radius 3 is 1.50 bits per heavy atom. The van der Waals surface area contributed by atoms with Crippen LogP contribution in [0.25, 0.3) is 0 Å². The molecule has 0 bridgehead atoms. The van der Waals surface area contributed by atoms with Gasteiger partial charge in [-0.1, -0.05) is 23.2 Å². The van der Waals surface area contributed by atoms with Crippen LogP contribution in [0.5, 0.6) is 0 Å². The van der Waals surface area contributed by atoms with Gasteiger partial charge in [-0.15, -0.1) is 0 Å². The molecule has 0 spiro atoms. The maximum absolute atomic E-state index is 14.8. The van der Waals surface area contributed by atoms with E-state index in [1.165, 1.54) is 12.1 Å². The molecule has 0 aliphatic carbocycles. The molecule has 7 heteroatoms. The molecule has 28 heavy (non-hydrogen) atoms. The molecule has 0 saturated carbocycles. The molecule has 3 nitrogen and oxygen atoms in total. The Bertz CT molecular complexity index is 811. The molecule has 0 radical (unpaired) electrons. The summed E-state index contributed by atoms with van der Waals surface area (Å²) in [5.74, 6) is -0.620. The van der Waals surface area contributed by atoms with Crippen molar-refractivity contribution in [3.05, 3.63) is 57.1 Å². The highest BCUT2D eigenvalue weighted by Crippen LogP contribution is 2.42. The second-order valence-electron chi connectivity index (χ2n) is 7.53. The lowest BCUT2D eigenvalue weighted by molar-refractivity contribution is 0.170. The molecule has 0 unspecified atom stereocenters. The van der Waals surface area contributed by atoms with Crippen LogP contribution in [0.2, 0.25) is 10.0 Å². The maximum atomic E-state index is 14.8. The van der Waals surface area contributed by atoms with E-state index in [1.807, 2.05) is 0 Å². The molecule has 2 aromatic rings. The van der Waals surface area contributed by atoms with E-state index in [0.29, 0.717) is 45.6 Å². The average molecular weight is 426 g/mol. The first-order chi connectivity index (χ1) is 13.5. The maximum Gasteiger partial charge on any atom is 0.129 e. The van der Waals surface area contributed by atoms with Crippen LogP contribution < -0.4 is 4.90 Å². The standard InChI is InChI=1S/C21H23Cl2F2N3/c1-26(20-14(12-27-8-2-9-27)18(24)6-4-16(20)22)21-15(13-28-10-3-11-28)19(25)7-5-17(21)23/h4-7H,2-3,8-13H2,1H3. The zero-order valence-electron chi connectivity index (χ0n) is 15.8. The minimum Gasteiger partial charge on any atom is -0.341 e. The summed E-state index contributed by atoms with van der Waals surface area (Å²) in [5, 5.41) is 0.851. The zero-order valence-corrected chi connectivity index (χ0v) is 17.3. The molecule has 0 aromatic heterocycles. The summed E-state index contributed by atoms with van der Waals surface area (Å²) in [4.78, 5) is 6.08. The predicted octanol–water partition coefficient (Wildman–Crippen LogP) is 5.45. The number of hydrogen-bond donors (Lipinski definition) is 0. The van der Waals surface area contributed by atoms with Gasteiger partial charge in [-0.3, -0.25) is 9.80 Å². The van der Waals surface area contributed by atoms with Gasteiger partial charge in [0.05, 0.1) is 21.4 Å². The van der Waals surface area contributed by atoms with Crippen molar-refractivity contribution >= 4 is 34.6 Å². The quantitative estimate of drug-likeness (QED) is 0.608. The molecule has 2 aliphatic rings. The summed E-state index contributed by atoms with van der Waals surface area (Å²) >= 11 is 13.0. The van der Waals surface area contributed by atoms with E-state index in [4.69, 9.17) is 23.2 Å². The van der Waals surface area contributed by atoms with Crippen LogP contribution in [0.15, 0.2) is 24.3 Å².